The molecule has 0 aliphatic rings. The first-order valence-electron chi connectivity index (χ1n) is 10.6. The van der Waals surface area contributed by atoms with Gasteiger partial charge in [-0.15, -0.1) is 0 Å². The maximum atomic E-state index is 12.1. The van der Waals surface area contributed by atoms with E-state index in [2.05, 4.69) is 76.9 Å². The van der Waals surface area contributed by atoms with Crippen molar-refractivity contribution in [2.45, 2.75) is 93.2 Å². The molecule has 0 saturated heterocycles. The van der Waals surface area contributed by atoms with Crippen LogP contribution in [0.5, 0.6) is 0 Å². The van der Waals surface area contributed by atoms with Crippen LogP contribution in [0.2, 0.25) is 0 Å². The number of carbonyl (C=O) groups is 1. The third-order valence-electron chi connectivity index (χ3n) is 5.11. The maximum absolute atomic E-state index is 12.1. The minimum absolute atomic E-state index is 0.0416. The molecule has 0 bridgehead atoms. The molecule has 27 heavy (non-hydrogen) atoms. The van der Waals surface area contributed by atoms with Crippen molar-refractivity contribution in [3.63, 3.8) is 0 Å². The largest absolute Gasteiger partial charge is 0.309 e. The molecule has 2 unspecified atom stereocenters. The normalized spacial score (nSPS) is 15.0. The Morgan fingerprint density at radius 3 is 1.89 bits per heavy atom. The minimum Gasteiger partial charge on any atom is -0.309 e. The van der Waals surface area contributed by atoms with Gasteiger partial charge in [-0.2, -0.15) is 0 Å². The van der Waals surface area contributed by atoms with E-state index in [0.717, 1.165) is 45.3 Å². The van der Waals surface area contributed by atoms with Crippen molar-refractivity contribution in [3.05, 3.63) is 34.9 Å². The summed E-state index contributed by atoms with van der Waals surface area (Å²) in [5, 5.41) is 3.52. The fourth-order valence-corrected chi connectivity index (χ4v) is 3.41. The maximum Gasteiger partial charge on any atom is 0.148 e. The molecule has 0 fully saturated rings. The predicted octanol–water partition coefficient (Wildman–Crippen LogP) is 5.68. The van der Waals surface area contributed by atoms with E-state index >= 15 is 0 Å². The minimum atomic E-state index is -0.0416. The molecule has 0 heterocycles. The van der Waals surface area contributed by atoms with Crippen LogP contribution in [0, 0.1) is 0 Å². The Labute approximate surface area is 169 Å². The molecule has 0 aromatic heterocycles. The molecular weight excluding hydrogens is 332 g/mol. The summed E-state index contributed by atoms with van der Waals surface area (Å²) in [6, 6.07) is 0.115. The zero-order chi connectivity index (χ0) is 20.8. The number of Topliss-reactive ketones (excluding diaryl/α,β-unsaturated/α-hetero) is 1. The molecule has 156 valence electrons. The molecule has 0 rings (SSSR count). The fraction of sp³-hybridized carbons (Fsp3) is 0.708. The van der Waals surface area contributed by atoms with E-state index in [0.29, 0.717) is 0 Å². The van der Waals surface area contributed by atoms with Crippen molar-refractivity contribution in [3.8, 4) is 0 Å². The summed E-state index contributed by atoms with van der Waals surface area (Å²) in [5.74, 6) is 0.244. The number of hydrogen-bond donors (Lipinski definition) is 1. The highest BCUT2D eigenvalue weighted by molar-refractivity contribution is 5.82. The molecule has 0 aromatic rings. The zero-order valence-electron chi connectivity index (χ0n) is 19.2. The Kier molecular flexibility index (Phi) is 14.2. The SMILES string of the molecule is CCN(CC)C(C(C)=O)C(C)NCC=C(C)CCC=C(C)CCC=C(C)C. The van der Waals surface area contributed by atoms with Gasteiger partial charge in [-0.05, 0) is 80.3 Å². The topological polar surface area (TPSA) is 32.3 Å². The molecule has 0 aromatic carbocycles. The second-order valence-corrected chi connectivity index (χ2v) is 7.93. The molecule has 3 heteroatoms. The number of nitrogens with one attached hydrogen (secondary N) is 1. The van der Waals surface area contributed by atoms with Gasteiger partial charge in [-0.1, -0.05) is 48.8 Å². The van der Waals surface area contributed by atoms with Crippen LogP contribution in [0.4, 0.5) is 0 Å². The number of allylic oxidation sites excluding steroid dienone is 5. The van der Waals surface area contributed by atoms with Gasteiger partial charge in [-0.25, -0.2) is 0 Å². The van der Waals surface area contributed by atoms with Gasteiger partial charge in [-0.3, -0.25) is 9.69 Å². The summed E-state index contributed by atoms with van der Waals surface area (Å²) in [6.07, 6.45) is 11.5. The molecule has 0 radical (unpaired) electrons. The molecule has 0 amide bonds. The van der Waals surface area contributed by atoms with Crippen molar-refractivity contribution in [1.29, 1.82) is 0 Å². The van der Waals surface area contributed by atoms with E-state index < -0.39 is 0 Å². The van der Waals surface area contributed by atoms with Crippen LogP contribution in [-0.2, 0) is 4.79 Å². The monoisotopic (exact) mass is 376 g/mol. The zero-order valence-corrected chi connectivity index (χ0v) is 19.2. The van der Waals surface area contributed by atoms with Crippen molar-refractivity contribution in [2.24, 2.45) is 0 Å². The first kappa shape index (κ1) is 25.8. The van der Waals surface area contributed by atoms with Crippen LogP contribution in [0.1, 0.15) is 81.1 Å². The standard InChI is InChI=1S/C24H44N2O/c1-9-26(10-2)24(23(8)27)22(7)25-18-17-21(6)16-12-15-20(5)14-11-13-19(3)4/h13,15,17,22,24-25H,9-12,14,16,18H2,1-8H3. The Balaban J connectivity index is 4.37. The van der Waals surface area contributed by atoms with E-state index in [1.807, 2.05) is 0 Å². The second-order valence-electron chi connectivity index (χ2n) is 7.93. The quantitative estimate of drug-likeness (QED) is 0.396. The molecule has 0 aliphatic heterocycles. The highest BCUT2D eigenvalue weighted by Gasteiger charge is 2.25. The predicted molar refractivity (Wildman–Crippen MR) is 120 cm³/mol. The van der Waals surface area contributed by atoms with Crippen LogP contribution in [0.15, 0.2) is 34.9 Å². The van der Waals surface area contributed by atoms with Gasteiger partial charge >= 0.3 is 0 Å². The second kappa shape index (κ2) is 14.8. The Bertz CT molecular complexity index is 508. The van der Waals surface area contributed by atoms with Gasteiger partial charge < -0.3 is 5.32 Å². The van der Waals surface area contributed by atoms with E-state index in [-0.39, 0.29) is 17.9 Å². The lowest BCUT2D eigenvalue weighted by Gasteiger charge is -2.32. The third-order valence-corrected chi connectivity index (χ3v) is 5.11. The molecule has 0 spiro atoms. The van der Waals surface area contributed by atoms with E-state index in [9.17, 15) is 4.79 Å². The Morgan fingerprint density at radius 2 is 1.41 bits per heavy atom. The van der Waals surface area contributed by atoms with Crippen LogP contribution in [0.3, 0.4) is 0 Å². The smallest absolute Gasteiger partial charge is 0.148 e. The van der Waals surface area contributed by atoms with E-state index in [1.165, 1.54) is 16.7 Å². The van der Waals surface area contributed by atoms with Gasteiger partial charge in [0.1, 0.15) is 5.78 Å². The Morgan fingerprint density at radius 1 is 0.889 bits per heavy atom. The van der Waals surface area contributed by atoms with Crippen molar-refractivity contribution in [2.75, 3.05) is 19.6 Å². The van der Waals surface area contributed by atoms with E-state index in [4.69, 9.17) is 0 Å². The highest BCUT2D eigenvalue weighted by Crippen LogP contribution is 2.11. The molecular formula is C24H44N2O. The first-order valence-corrected chi connectivity index (χ1v) is 10.6. The number of likely N-dealkylation sites (N-methyl/N-ethyl adjacent to an activating group) is 1. The van der Waals surface area contributed by atoms with Gasteiger partial charge in [0.05, 0.1) is 6.04 Å². The van der Waals surface area contributed by atoms with Gasteiger partial charge in [0.15, 0.2) is 0 Å². The first-order chi connectivity index (χ1) is 12.7. The molecule has 0 aliphatic carbocycles. The van der Waals surface area contributed by atoms with Crippen LogP contribution >= 0.6 is 0 Å². The van der Waals surface area contributed by atoms with Crippen LogP contribution in [0.25, 0.3) is 0 Å². The number of nitrogens with zero attached hydrogens (tertiary/aromatic N) is 1. The summed E-state index contributed by atoms with van der Waals surface area (Å²) in [6.45, 7) is 19.4. The van der Waals surface area contributed by atoms with Crippen molar-refractivity contribution in [1.82, 2.24) is 10.2 Å². The lowest BCUT2D eigenvalue weighted by atomic mass is 10.0. The average Bonchev–Trinajstić information content (AvgIpc) is 2.58. The fourth-order valence-electron chi connectivity index (χ4n) is 3.41. The summed E-state index contributed by atoms with van der Waals surface area (Å²) >= 11 is 0. The van der Waals surface area contributed by atoms with Crippen molar-refractivity contribution < 1.29 is 4.79 Å². The van der Waals surface area contributed by atoms with Gasteiger partial charge in [0.2, 0.25) is 0 Å². The molecule has 2 atom stereocenters. The Hall–Kier alpha value is -1.19. The molecule has 1 N–H and O–H groups in total. The number of hydrogen-bond acceptors (Lipinski definition) is 3. The van der Waals surface area contributed by atoms with E-state index in [1.54, 1.807) is 6.92 Å². The summed E-state index contributed by atoms with van der Waals surface area (Å²) in [7, 11) is 0. The lowest BCUT2D eigenvalue weighted by Crippen LogP contribution is -2.52. The van der Waals surface area contributed by atoms with Gasteiger partial charge in [0, 0.05) is 12.6 Å². The molecule has 0 saturated carbocycles. The lowest BCUT2D eigenvalue weighted by molar-refractivity contribution is -0.122. The third kappa shape index (κ3) is 12.0. The van der Waals surface area contributed by atoms with Crippen molar-refractivity contribution >= 4 is 5.78 Å². The van der Waals surface area contributed by atoms with Crippen LogP contribution in [-0.4, -0.2) is 42.4 Å². The van der Waals surface area contributed by atoms with Crippen LogP contribution < -0.4 is 5.32 Å². The molecule has 3 nitrogen and oxygen atoms in total. The summed E-state index contributed by atoms with van der Waals surface area (Å²) in [5.41, 5.74) is 4.29. The average molecular weight is 377 g/mol. The summed E-state index contributed by atoms with van der Waals surface area (Å²) < 4.78 is 0. The number of rotatable bonds is 14. The highest BCUT2D eigenvalue weighted by atomic mass is 16.1. The number of ketones is 1. The number of carbonyl (C=O) groups excluding carboxylic acids is 1. The van der Waals surface area contributed by atoms with Gasteiger partial charge in [0.25, 0.3) is 0 Å². The summed E-state index contributed by atoms with van der Waals surface area (Å²) in [4.78, 5) is 14.3.